The molecule has 0 spiro atoms. The molecule has 2 aromatic heterocycles. The fourth-order valence-corrected chi connectivity index (χ4v) is 1.59. The van der Waals surface area contributed by atoms with Gasteiger partial charge in [-0.25, -0.2) is 4.52 Å². The molecule has 2 rings (SSSR count). The molecule has 15 heavy (non-hydrogen) atoms. The van der Waals surface area contributed by atoms with E-state index in [-0.39, 0.29) is 27.7 Å². The van der Waals surface area contributed by atoms with Crippen molar-refractivity contribution in [3.8, 4) is 0 Å². The third kappa shape index (κ3) is 1.81. The number of rotatable bonds is 1. The number of aliphatic hydroxyl groups is 1. The van der Waals surface area contributed by atoms with Gasteiger partial charge < -0.3 is 5.11 Å². The first-order valence-electron chi connectivity index (χ1n) is 4.44. The minimum Gasteiger partial charge on any atom is -0.390 e. The molecule has 0 amide bonds. The summed E-state index contributed by atoms with van der Waals surface area (Å²) in [6.07, 6.45) is 0. The second-order valence-corrected chi connectivity index (χ2v) is 3.32. The molecule has 0 aromatic carbocycles. The van der Waals surface area contributed by atoms with E-state index in [1.54, 1.807) is 4.52 Å². The Labute approximate surface area is 102 Å². The van der Waals surface area contributed by atoms with Crippen LogP contribution in [-0.4, -0.2) is 24.9 Å². The van der Waals surface area contributed by atoms with Crippen LogP contribution in [0.25, 0.3) is 5.52 Å². The van der Waals surface area contributed by atoms with Crippen LogP contribution in [0.5, 0.6) is 0 Å². The van der Waals surface area contributed by atoms with E-state index in [0.717, 1.165) is 22.6 Å². The zero-order chi connectivity index (χ0) is 10.3. The topological polar surface area (TPSA) is 63.3 Å². The Kier molecular flexibility index (Phi) is 3.57. The molecule has 0 unspecified atom stereocenters. The van der Waals surface area contributed by atoms with Crippen molar-refractivity contribution in [1.29, 1.82) is 0 Å². The molecule has 2 heterocycles. The summed E-state index contributed by atoms with van der Waals surface area (Å²) in [4.78, 5) is 0. The fraction of sp³-hybridized carbons (Fsp3) is 0.444. The first kappa shape index (κ1) is 12.3. The molecule has 6 heteroatoms. The van der Waals surface area contributed by atoms with Gasteiger partial charge in [0.25, 0.3) is 0 Å². The van der Waals surface area contributed by atoms with Crippen LogP contribution < -0.4 is 0 Å². The summed E-state index contributed by atoms with van der Waals surface area (Å²) in [5.41, 5.74) is 3.44. The van der Waals surface area contributed by atoms with Crippen LogP contribution in [-0.2, 0) is 27.7 Å². The minimum absolute atomic E-state index is 0. The fourth-order valence-electron chi connectivity index (χ4n) is 1.59. The Morgan fingerprint density at radius 3 is 2.40 bits per heavy atom. The molecule has 80 valence electrons. The van der Waals surface area contributed by atoms with E-state index < -0.39 is 0 Å². The number of aromatic nitrogens is 4. The van der Waals surface area contributed by atoms with Crippen molar-refractivity contribution in [2.45, 2.75) is 27.4 Å². The third-order valence-corrected chi connectivity index (χ3v) is 2.36. The maximum Gasteiger partial charge on any atom is 0.150 e. The molecular formula is C9H12N4OW. The van der Waals surface area contributed by atoms with Gasteiger partial charge in [-0.05, 0) is 20.8 Å². The van der Waals surface area contributed by atoms with Crippen LogP contribution in [0.2, 0.25) is 0 Å². The van der Waals surface area contributed by atoms with Gasteiger partial charge in [-0.3, -0.25) is 0 Å². The number of hydrogen-bond acceptors (Lipinski definition) is 4. The van der Waals surface area contributed by atoms with Crippen LogP contribution in [0.3, 0.4) is 0 Å². The van der Waals surface area contributed by atoms with E-state index in [9.17, 15) is 0 Å². The van der Waals surface area contributed by atoms with Gasteiger partial charge in [-0.15, -0.1) is 5.10 Å². The molecule has 0 atom stereocenters. The van der Waals surface area contributed by atoms with Crippen LogP contribution in [0.1, 0.15) is 22.8 Å². The SMILES string of the molecule is Cc1nnc(C)n2nc(CO)c(C)c12.[W]. The van der Waals surface area contributed by atoms with Crippen molar-refractivity contribution in [3.05, 3.63) is 22.8 Å². The van der Waals surface area contributed by atoms with E-state index in [1.807, 2.05) is 20.8 Å². The molecule has 1 N–H and O–H groups in total. The summed E-state index contributed by atoms with van der Waals surface area (Å²) in [5, 5.41) is 21.3. The second-order valence-electron chi connectivity index (χ2n) is 3.32. The molecule has 0 saturated carbocycles. The maximum absolute atomic E-state index is 9.08. The van der Waals surface area contributed by atoms with Gasteiger partial charge in [0, 0.05) is 26.6 Å². The van der Waals surface area contributed by atoms with E-state index in [1.165, 1.54) is 0 Å². The number of aryl methyl sites for hydroxylation is 3. The van der Waals surface area contributed by atoms with Gasteiger partial charge in [0.2, 0.25) is 0 Å². The smallest absolute Gasteiger partial charge is 0.150 e. The van der Waals surface area contributed by atoms with Crippen LogP contribution in [0, 0.1) is 20.8 Å². The molecule has 2 aromatic rings. The first-order chi connectivity index (χ1) is 6.65. The normalized spacial score (nSPS) is 10.4. The molecule has 0 fully saturated rings. The van der Waals surface area contributed by atoms with Crippen molar-refractivity contribution in [2.75, 3.05) is 0 Å². The summed E-state index contributed by atoms with van der Waals surface area (Å²) < 4.78 is 1.73. The molecular weight excluding hydrogens is 364 g/mol. The summed E-state index contributed by atoms with van der Waals surface area (Å²) in [5.74, 6) is 0.730. The van der Waals surface area contributed by atoms with Crippen molar-refractivity contribution in [3.63, 3.8) is 0 Å². The monoisotopic (exact) mass is 376 g/mol. The third-order valence-electron chi connectivity index (χ3n) is 2.36. The van der Waals surface area contributed by atoms with Gasteiger partial charge in [0.15, 0.2) is 0 Å². The minimum atomic E-state index is -0.0492. The van der Waals surface area contributed by atoms with E-state index in [4.69, 9.17) is 5.11 Å². The Balaban J connectivity index is 0.00000112. The maximum atomic E-state index is 9.08. The Morgan fingerprint density at radius 1 is 1.20 bits per heavy atom. The van der Waals surface area contributed by atoms with Gasteiger partial charge >= 0.3 is 0 Å². The van der Waals surface area contributed by atoms with E-state index in [0.29, 0.717) is 5.69 Å². The van der Waals surface area contributed by atoms with E-state index in [2.05, 4.69) is 15.3 Å². The molecule has 0 aliphatic heterocycles. The van der Waals surface area contributed by atoms with Crippen molar-refractivity contribution >= 4 is 5.52 Å². The number of fused-ring (bicyclic) bond motifs is 1. The predicted octanol–water partition coefficient (Wildman–Crippen LogP) is 0.539. The first-order valence-corrected chi connectivity index (χ1v) is 4.44. The zero-order valence-electron chi connectivity index (χ0n) is 8.85. The molecule has 0 aliphatic rings. The van der Waals surface area contributed by atoms with Crippen molar-refractivity contribution < 1.29 is 26.2 Å². The number of hydrogen-bond donors (Lipinski definition) is 1. The molecule has 0 aliphatic carbocycles. The summed E-state index contributed by atoms with van der Waals surface area (Å²) in [6.45, 7) is 5.61. The standard InChI is InChI=1S/C9H12N4O.W/c1-5-8(4-14)12-13-7(3)11-10-6(2)9(5)13;/h14H,4H2,1-3H3;. The average Bonchev–Trinajstić information content (AvgIpc) is 2.51. The van der Waals surface area contributed by atoms with Crippen molar-refractivity contribution in [1.82, 2.24) is 19.8 Å². The van der Waals surface area contributed by atoms with Gasteiger partial charge in [-0.2, -0.15) is 10.2 Å². The molecule has 0 saturated heterocycles. The van der Waals surface area contributed by atoms with Gasteiger partial charge in [0.05, 0.1) is 23.5 Å². The molecule has 0 radical (unpaired) electrons. The van der Waals surface area contributed by atoms with Gasteiger partial charge in [0.1, 0.15) is 5.82 Å². The van der Waals surface area contributed by atoms with Crippen LogP contribution >= 0.6 is 0 Å². The quantitative estimate of drug-likeness (QED) is 0.790. The van der Waals surface area contributed by atoms with Crippen LogP contribution in [0.15, 0.2) is 0 Å². The average molecular weight is 376 g/mol. The Hall–Kier alpha value is -0.802. The Bertz CT molecular complexity index is 494. The summed E-state index contributed by atoms with van der Waals surface area (Å²) in [6, 6.07) is 0. The van der Waals surface area contributed by atoms with Crippen molar-refractivity contribution in [2.24, 2.45) is 0 Å². The zero-order valence-corrected chi connectivity index (χ0v) is 11.8. The van der Waals surface area contributed by atoms with E-state index >= 15 is 0 Å². The second kappa shape index (κ2) is 4.37. The Morgan fingerprint density at radius 2 is 1.87 bits per heavy atom. The number of nitrogens with zero attached hydrogens (tertiary/aromatic N) is 4. The summed E-state index contributed by atoms with van der Waals surface area (Å²) >= 11 is 0. The predicted molar refractivity (Wildman–Crippen MR) is 50.9 cm³/mol. The molecule has 0 bridgehead atoms. The summed E-state index contributed by atoms with van der Waals surface area (Å²) in [7, 11) is 0. The molecule has 5 nitrogen and oxygen atoms in total. The number of aliphatic hydroxyl groups excluding tert-OH is 1. The van der Waals surface area contributed by atoms with Gasteiger partial charge in [-0.1, -0.05) is 0 Å². The largest absolute Gasteiger partial charge is 0.390 e. The van der Waals surface area contributed by atoms with Crippen LogP contribution in [0.4, 0.5) is 0 Å².